The Morgan fingerprint density at radius 3 is 2.34 bits per heavy atom. The number of hydrogen-bond acceptors (Lipinski definition) is 4. The Morgan fingerprint density at radius 1 is 0.966 bits per heavy atom. The lowest BCUT2D eigenvalue weighted by Gasteiger charge is -2.40. The number of nitrogens with zero attached hydrogens (tertiary/aromatic N) is 2. The molecule has 154 valence electrons. The first-order chi connectivity index (χ1) is 14.2. The van der Waals surface area contributed by atoms with Crippen molar-refractivity contribution < 1.29 is 14.3 Å². The number of amides is 1. The normalized spacial score (nSPS) is 21.3. The van der Waals surface area contributed by atoms with Crippen LogP contribution in [0.2, 0.25) is 0 Å². The molecule has 0 radical (unpaired) electrons. The van der Waals surface area contributed by atoms with Gasteiger partial charge in [-0.2, -0.15) is 0 Å². The van der Waals surface area contributed by atoms with Crippen LogP contribution in [0.1, 0.15) is 24.0 Å². The van der Waals surface area contributed by atoms with Gasteiger partial charge in [-0.15, -0.1) is 0 Å². The van der Waals surface area contributed by atoms with E-state index in [-0.39, 0.29) is 18.6 Å². The average Bonchev–Trinajstić information content (AvgIpc) is 2.77. The van der Waals surface area contributed by atoms with Crippen LogP contribution in [0, 0.1) is 5.92 Å². The SMILES string of the molecule is COc1ccc(CN2CC(C3CCN(Cc4ccccc4)CC3)OCC2=O)cc1. The topological polar surface area (TPSA) is 42.0 Å². The number of likely N-dealkylation sites (tertiary alicyclic amines) is 1. The lowest BCUT2D eigenvalue weighted by Crippen LogP contribution is -2.50. The van der Waals surface area contributed by atoms with E-state index in [0.29, 0.717) is 19.0 Å². The van der Waals surface area contributed by atoms with Crippen LogP contribution in [0.15, 0.2) is 54.6 Å². The Labute approximate surface area is 173 Å². The van der Waals surface area contributed by atoms with E-state index in [0.717, 1.165) is 43.8 Å². The van der Waals surface area contributed by atoms with Crippen molar-refractivity contribution in [3.63, 3.8) is 0 Å². The third-order valence-electron chi connectivity index (χ3n) is 6.11. The van der Waals surface area contributed by atoms with Crippen molar-refractivity contribution in [2.45, 2.75) is 32.0 Å². The fourth-order valence-electron chi connectivity index (χ4n) is 4.36. The van der Waals surface area contributed by atoms with Gasteiger partial charge >= 0.3 is 0 Å². The highest BCUT2D eigenvalue weighted by Gasteiger charge is 2.33. The number of hydrogen-bond donors (Lipinski definition) is 0. The lowest BCUT2D eigenvalue weighted by atomic mass is 9.90. The van der Waals surface area contributed by atoms with Crippen molar-refractivity contribution in [2.75, 3.05) is 33.4 Å². The summed E-state index contributed by atoms with van der Waals surface area (Å²) in [4.78, 5) is 16.8. The first kappa shape index (κ1) is 19.9. The molecule has 0 N–H and O–H groups in total. The third kappa shape index (κ3) is 5.17. The monoisotopic (exact) mass is 394 g/mol. The van der Waals surface area contributed by atoms with Gasteiger partial charge in [0, 0.05) is 19.6 Å². The molecule has 2 heterocycles. The molecule has 5 heteroatoms. The number of rotatable bonds is 6. The molecule has 1 atom stereocenters. The molecule has 2 aromatic carbocycles. The van der Waals surface area contributed by atoms with E-state index < -0.39 is 0 Å². The van der Waals surface area contributed by atoms with E-state index in [1.54, 1.807) is 7.11 Å². The zero-order valence-corrected chi connectivity index (χ0v) is 17.1. The minimum Gasteiger partial charge on any atom is -0.497 e. The molecular formula is C24H30N2O3. The number of ether oxygens (including phenoxy) is 2. The molecule has 5 nitrogen and oxygen atoms in total. The van der Waals surface area contributed by atoms with Crippen molar-refractivity contribution in [1.29, 1.82) is 0 Å². The second-order valence-corrected chi connectivity index (χ2v) is 8.07. The average molecular weight is 395 g/mol. The maximum atomic E-state index is 12.4. The zero-order valence-electron chi connectivity index (χ0n) is 17.1. The molecule has 0 saturated carbocycles. The first-order valence-corrected chi connectivity index (χ1v) is 10.5. The Kier molecular flexibility index (Phi) is 6.47. The molecule has 29 heavy (non-hydrogen) atoms. The molecule has 1 amide bonds. The highest BCUT2D eigenvalue weighted by molar-refractivity contribution is 5.78. The molecule has 4 rings (SSSR count). The summed E-state index contributed by atoms with van der Waals surface area (Å²) in [5, 5.41) is 0. The van der Waals surface area contributed by atoms with E-state index >= 15 is 0 Å². The minimum absolute atomic E-state index is 0.0820. The number of carbonyl (C=O) groups is 1. The summed E-state index contributed by atoms with van der Waals surface area (Å²) < 4.78 is 11.2. The number of piperidine rings is 1. The van der Waals surface area contributed by atoms with E-state index in [9.17, 15) is 4.79 Å². The lowest BCUT2D eigenvalue weighted by molar-refractivity contribution is -0.154. The standard InChI is InChI=1S/C24H30N2O3/c1-28-22-9-7-20(8-10-22)16-26-17-23(29-18-24(26)27)21-11-13-25(14-12-21)15-19-5-3-2-4-6-19/h2-10,21,23H,11-18H2,1H3. The Morgan fingerprint density at radius 2 is 1.66 bits per heavy atom. The number of carbonyl (C=O) groups excluding carboxylic acids is 1. The second-order valence-electron chi connectivity index (χ2n) is 8.07. The van der Waals surface area contributed by atoms with Gasteiger partial charge in [0.1, 0.15) is 12.4 Å². The molecule has 0 spiro atoms. The van der Waals surface area contributed by atoms with Crippen LogP contribution in [0.3, 0.4) is 0 Å². The second kappa shape index (κ2) is 9.42. The first-order valence-electron chi connectivity index (χ1n) is 10.5. The predicted molar refractivity (Wildman–Crippen MR) is 113 cm³/mol. The van der Waals surface area contributed by atoms with Crippen molar-refractivity contribution in [3.8, 4) is 5.75 Å². The summed E-state index contributed by atoms with van der Waals surface area (Å²) in [7, 11) is 1.66. The van der Waals surface area contributed by atoms with Gasteiger partial charge in [0.25, 0.3) is 0 Å². The molecule has 1 unspecified atom stereocenters. The van der Waals surface area contributed by atoms with Gasteiger partial charge in [0.15, 0.2) is 0 Å². The smallest absolute Gasteiger partial charge is 0.248 e. The largest absolute Gasteiger partial charge is 0.497 e. The van der Waals surface area contributed by atoms with E-state index in [2.05, 4.69) is 35.2 Å². The van der Waals surface area contributed by atoms with Gasteiger partial charge < -0.3 is 14.4 Å². The minimum atomic E-state index is 0.0820. The van der Waals surface area contributed by atoms with E-state index in [1.165, 1.54) is 5.56 Å². The van der Waals surface area contributed by atoms with Gasteiger partial charge in [-0.3, -0.25) is 9.69 Å². The zero-order chi connectivity index (χ0) is 20.1. The van der Waals surface area contributed by atoms with E-state index in [1.807, 2.05) is 29.2 Å². The fourth-order valence-corrected chi connectivity index (χ4v) is 4.36. The van der Waals surface area contributed by atoms with Gasteiger partial charge in [0.05, 0.1) is 13.2 Å². The molecular weight excluding hydrogens is 364 g/mol. The van der Waals surface area contributed by atoms with Crippen LogP contribution < -0.4 is 4.74 Å². The highest BCUT2D eigenvalue weighted by Crippen LogP contribution is 2.27. The van der Waals surface area contributed by atoms with Crippen LogP contribution in [0.25, 0.3) is 0 Å². The summed E-state index contributed by atoms with van der Waals surface area (Å²) in [6.45, 7) is 4.72. The molecule has 2 aromatic rings. The van der Waals surface area contributed by atoms with Crippen LogP contribution in [0.5, 0.6) is 5.75 Å². The molecule has 2 saturated heterocycles. The van der Waals surface area contributed by atoms with Crippen LogP contribution in [-0.4, -0.2) is 55.2 Å². The fraction of sp³-hybridized carbons (Fsp3) is 0.458. The summed E-state index contributed by atoms with van der Waals surface area (Å²) >= 11 is 0. The highest BCUT2D eigenvalue weighted by atomic mass is 16.5. The maximum Gasteiger partial charge on any atom is 0.248 e. The summed E-state index contributed by atoms with van der Waals surface area (Å²) in [5.74, 6) is 1.44. The quantitative estimate of drug-likeness (QED) is 0.754. The van der Waals surface area contributed by atoms with Gasteiger partial charge in [-0.25, -0.2) is 0 Å². The van der Waals surface area contributed by atoms with Crippen molar-refractivity contribution in [1.82, 2.24) is 9.80 Å². The Hall–Kier alpha value is -2.37. The Balaban J connectivity index is 1.29. The summed E-state index contributed by atoms with van der Waals surface area (Å²) in [6, 6.07) is 18.6. The van der Waals surface area contributed by atoms with Gasteiger partial charge in [-0.05, 0) is 55.1 Å². The third-order valence-corrected chi connectivity index (χ3v) is 6.11. The molecule has 2 aliphatic rings. The number of methoxy groups -OCH3 is 1. The van der Waals surface area contributed by atoms with E-state index in [4.69, 9.17) is 9.47 Å². The van der Waals surface area contributed by atoms with Crippen molar-refractivity contribution in [3.05, 3.63) is 65.7 Å². The van der Waals surface area contributed by atoms with Crippen molar-refractivity contribution in [2.24, 2.45) is 5.92 Å². The Bertz CT molecular complexity index is 786. The van der Waals surface area contributed by atoms with Gasteiger partial charge in [0.2, 0.25) is 5.91 Å². The number of benzene rings is 2. The maximum absolute atomic E-state index is 12.4. The van der Waals surface area contributed by atoms with Crippen LogP contribution in [-0.2, 0) is 22.6 Å². The molecule has 0 bridgehead atoms. The van der Waals surface area contributed by atoms with Crippen LogP contribution >= 0.6 is 0 Å². The molecule has 0 aliphatic carbocycles. The molecule has 0 aromatic heterocycles. The molecule has 2 fully saturated rings. The van der Waals surface area contributed by atoms with Crippen LogP contribution in [0.4, 0.5) is 0 Å². The van der Waals surface area contributed by atoms with Crippen molar-refractivity contribution >= 4 is 5.91 Å². The van der Waals surface area contributed by atoms with Gasteiger partial charge in [-0.1, -0.05) is 42.5 Å². The predicted octanol–water partition coefficient (Wildman–Crippen LogP) is 3.33. The summed E-state index contributed by atoms with van der Waals surface area (Å²) in [6.07, 6.45) is 2.40. The summed E-state index contributed by atoms with van der Waals surface area (Å²) in [5.41, 5.74) is 2.49. The molecule has 2 aliphatic heterocycles. The number of morpholine rings is 1.